The van der Waals surface area contributed by atoms with Crippen molar-refractivity contribution >= 4 is 29.0 Å². The minimum atomic E-state index is -4.99. The molecule has 0 atom stereocenters. The number of alkyl halides is 3. The quantitative estimate of drug-likeness (QED) is 0.380. The van der Waals surface area contributed by atoms with E-state index in [9.17, 15) is 33.4 Å². The van der Waals surface area contributed by atoms with Gasteiger partial charge in [-0.3, -0.25) is 25.7 Å². The van der Waals surface area contributed by atoms with Gasteiger partial charge in [0.25, 0.3) is 0 Å². The molecule has 0 spiro atoms. The van der Waals surface area contributed by atoms with Crippen LogP contribution in [0.15, 0.2) is 53.3 Å². The number of halogens is 3. The molecule has 32 heavy (non-hydrogen) atoms. The standard InChI is InChI=1S/C20H18F3N5O4/c1-19(2)13-6-4-5-7-14(13)26(3)17(19)8-9-24-25-18-15(27(29)30)10-12(20(21,22)23)11-16(18)28(31)32/h4-11,25H,1-3H3. The van der Waals surface area contributed by atoms with Crippen LogP contribution in [0.4, 0.5) is 35.9 Å². The number of rotatable bonds is 5. The van der Waals surface area contributed by atoms with E-state index in [1.165, 1.54) is 6.21 Å². The predicted molar refractivity (Wildman–Crippen MR) is 113 cm³/mol. The Morgan fingerprint density at radius 1 is 1.09 bits per heavy atom. The number of benzene rings is 2. The Balaban J connectivity index is 1.97. The molecule has 0 aromatic heterocycles. The number of allylic oxidation sites excluding steroid dienone is 2. The van der Waals surface area contributed by atoms with Crippen molar-refractivity contribution in [3.8, 4) is 0 Å². The second-order valence-corrected chi connectivity index (χ2v) is 7.54. The molecule has 1 N–H and O–H groups in total. The van der Waals surface area contributed by atoms with E-state index in [4.69, 9.17) is 0 Å². The van der Waals surface area contributed by atoms with Crippen LogP contribution < -0.4 is 10.3 Å². The van der Waals surface area contributed by atoms with Crippen molar-refractivity contribution in [3.05, 3.63) is 79.5 Å². The molecule has 2 aromatic rings. The van der Waals surface area contributed by atoms with Crippen molar-refractivity contribution in [2.45, 2.75) is 25.4 Å². The number of nitro benzene ring substituents is 2. The van der Waals surface area contributed by atoms with Gasteiger partial charge in [-0.1, -0.05) is 32.0 Å². The lowest BCUT2D eigenvalue weighted by Crippen LogP contribution is -2.23. The topological polar surface area (TPSA) is 114 Å². The average Bonchev–Trinajstić information content (AvgIpc) is 2.90. The molecular weight excluding hydrogens is 431 g/mol. The molecule has 0 unspecified atom stereocenters. The lowest BCUT2D eigenvalue weighted by Gasteiger charge is -2.23. The summed E-state index contributed by atoms with van der Waals surface area (Å²) in [4.78, 5) is 22.2. The van der Waals surface area contributed by atoms with Gasteiger partial charge < -0.3 is 4.90 Å². The minimum Gasteiger partial charge on any atom is -0.347 e. The van der Waals surface area contributed by atoms with Gasteiger partial charge in [-0.05, 0) is 17.7 Å². The second-order valence-electron chi connectivity index (χ2n) is 7.54. The molecule has 1 aliphatic heterocycles. The fourth-order valence-electron chi connectivity index (χ4n) is 3.69. The van der Waals surface area contributed by atoms with Gasteiger partial charge in [-0.25, -0.2) is 0 Å². The zero-order valence-corrected chi connectivity index (χ0v) is 17.2. The van der Waals surface area contributed by atoms with Crippen LogP contribution in [0.1, 0.15) is 25.0 Å². The van der Waals surface area contributed by atoms with Gasteiger partial charge in [0.05, 0.1) is 15.4 Å². The third-order valence-corrected chi connectivity index (χ3v) is 5.24. The van der Waals surface area contributed by atoms with Gasteiger partial charge in [-0.2, -0.15) is 18.3 Å². The summed E-state index contributed by atoms with van der Waals surface area (Å²) in [5.41, 5.74) is 0.209. The van der Waals surface area contributed by atoms with Gasteiger partial charge in [-0.15, -0.1) is 0 Å². The first kappa shape index (κ1) is 22.7. The number of nitro groups is 2. The maximum atomic E-state index is 13.0. The van der Waals surface area contributed by atoms with Crippen molar-refractivity contribution in [3.63, 3.8) is 0 Å². The van der Waals surface area contributed by atoms with Crippen LogP contribution >= 0.6 is 0 Å². The zero-order valence-electron chi connectivity index (χ0n) is 17.2. The lowest BCUT2D eigenvalue weighted by atomic mass is 9.84. The Morgan fingerprint density at radius 3 is 2.16 bits per heavy atom. The zero-order chi connectivity index (χ0) is 23.8. The Hall–Kier alpha value is -3.96. The predicted octanol–water partition coefficient (Wildman–Crippen LogP) is 5.23. The first-order valence-electron chi connectivity index (χ1n) is 9.22. The van der Waals surface area contributed by atoms with E-state index in [1.807, 2.05) is 50.1 Å². The summed E-state index contributed by atoms with van der Waals surface area (Å²) in [7, 11) is 1.85. The third-order valence-electron chi connectivity index (χ3n) is 5.24. The first-order valence-corrected chi connectivity index (χ1v) is 9.22. The maximum Gasteiger partial charge on any atom is 0.416 e. The Labute approximate surface area is 180 Å². The van der Waals surface area contributed by atoms with Crippen LogP contribution in [-0.2, 0) is 11.6 Å². The van der Waals surface area contributed by atoms with Crippen LogP contribution in [0.5, 0.6) is 0 Å². The van der Waals surface area contributed by atoms with Crippen LogP contribution in [0, 0.1) is 20.2 Å². The first-order chi connectivity index (χ1) is 14.9. The number of hydrogen-bond acceptors (Lipinski definition) is 7. The fraction of sp³-hybridized carbons (Fsp3) is 0.250. The summed E-state index contributed by atoms with van der Waals surface area (Å²) in [6.07, 6.45) is -2.13. The average molecular weight is 449 g/mol. The van der Waals surface area contributed by atoms with Crippen LogP contribution in [0.3, 0.4) is 0 Å². The van der Waals surface area contributed by atoms with E-state index in [0.717, 1.165) is 16.9 Å². The van der Waals surface area contributed by atoms with Crippen molar-refractivity contribution < 1.29 is 23.0 Å². The smallest absolute Gasteiger partial charge is 0.347 e. The summed E-state index contributed by atoms with van der Waals surface area (Å²) in [5.74, 6) is 0. The summed E-state index contributed by atoms with van der Waals surface area (Å²) in [6, 6.07) is 8.20. The fourth-order valence-corrected chi connectivity index (χ4v) is 3.69. The highest BCUT2D eigenvalue weighted by Gasteiger charge is 2.39. The molecule has 3 rings (SSSR count). The molecule has 168 valence electrons. The number of anilines is 2. The number of para-hydroxylation sites is 1. The Bertz CT molecular complexity index is 1120. The van der Waals surface area contributed by atoms with Gasteiger partial charge in [0.1, 0.15) is 0 Å². The SMILES string of the molecule is CN1C(=CC=NNc2c([N+](=O)[O-])cc(C(F)(F)F)cc2[N+](=O)[O-])C(C)(C)c2ccccc21. The van der Waals surface area contributed by atoms with E-state index >= 15 is 0 Å². The molecule has 9 nitrogen and oxygen atoms in total. The summed E-state index contributed by atoms with van der Waals surface area (Å²) < 4.78 is 39.0. The maximum absolute atomic E-state index is 13.0. The van der Waals surface area contributed by atoms with E-state index in [-0.39, 0.29) is 17.5 Å². The van der Waals surface area contributed by atoms with Crippen molar-refractivity contribution in [1.82, 2.24) is 0 Å². The van der Waals surface area contributed by atoms with Crippen molar-refractivity contribution in [2.24, 2.45) is 5.10 Å². The molecule has 0 fully saturated rings. The highest BCUT2D eigenvalue weighted by Crippen LogP contribution is 2.46. The minimum absolute atomic E-state index is 0.230. The molecule has 0 amide bonds. The largest absolute Gasteiger partial charge is 0.416 e. The highest BCUT2D eigenvalue weighted by molar-refractivity contribution is 5.81. The molecule has 2 aromatic carbocycles. The summed E-state index contributed by atoms with van der Waals surface area (Å²) in [6.45, 7) is 3.99. The molecule has 0 aliphatic carbocycles. The lowest BCUT2D eigenvalue weighted by molar-refractivity contribution is -0.392. The molecule has 1 heterocycles. The summed E-state index contributed by atoms with van der Waals surface area (Å²) >= 11 is 0. The molecule has 1 aliphatic rings. The number of hydrazone groups is 1. The van der Waals surface area contributed by atoms with E-state index in [1.54, 1.807) is 6.08 Å². The van der Waals surface area contributed by atoms with Gasteiger partial charge in [0.15, 0.2) is 0 Å². The highest BCUT2D eigenvalue weighted by atomic mass is 19.4. The number of nitrogens with one attached hydrogen (secondary N) is 1. The number of likely N-dealkylation sites (N-methyl/N-ethyl adjacent to an activating group) is 1. The molecule has 0 bridgehead atoms. The van der Waals surface area contributed by atoms with E-state index in [0.29, 0.717) is 0 Å². The Kier molecular flexibility index (Phi) is 5.64. The van der Waals surface area contributed by atoms with Crippen molar-refractivity contribution in [1.29, 1.82) is 0 Å². The van der Waals surface area contributed by atoms with Crippen LogP contribution in [0.25, 0.3) is 0 Å². The van der Waals surface area contributed by atoms with Crippen LogP contribution in [-0.4, -0.2) is 23.1 Å². The third kappa shape index (κ3) is 3.98. The molecule has 12 heteroatoms. The molecule has 0 saturated heterocycles. The van der Waals surface area contributed by atoms with Crippen LogP contribution in [0.2, 0.25) is 0 Å². The molecule has 0 saturated carbocycles. The monoisotopic (exact) mass is 449 g/mol. The van der Waals surface area contributed by atoms with E-state index in [2.05, 4.69) is 10.5 Å². The molecule has 0 radical (unpaired) electrons. The van der Waals surface area contributed by atoms with Gasteiger partial charge in [0.2, 0.25) is 5.69 Å². The second kappa shape index (κ2) is 7.94. The van der Waals surface area contributed by atoms with Gasteiger partial charge >= 0.3 is 17.6 Å². The number of hydrogen-bond donors (Lipinski definition) is 1. The van der Waals surface area contributed by atoms with Gasteiger partial charge in [0, 0.05) is 42.2 Å². The normalized spacial score (nSPS) is 16.4. The number of nitrogens with zero attached hydrogens (tertiary/aromatic N) is 4. The Morgan fingerprint density at radius 2 is 1.66 bits per heavy atom. The molecular formula is C20H18F3N5O4. The van der Waals surface area contributed by atoms with E-state index < -0.39 is 38.6 Å². The number of fused-ring (bicyclic) bond motifs is 1. The summed E-state index contributed by atoms with van der Waals surface area (Å²) in [5, 5.41) is 26.3. The van der Waals surface area contributed by atoms with Crippen molar-refractivity contribution in [2.75, 3.05) is 17.4 Å².